The monoisotopic (exact) mass is 287 g/mol. The highest BCUT2D eigenvalue weighted by Gasteiger charge is 2.04. The number of nitrogens with one attached hydrogen (secondary N) is 1. The van der Waals surface area contributed by atoms with Gasteiger partial charge in [0.05, 0.1) is 0 Å². The summed E-state index contributed by atoms with van der Waals surface area (Å²) in [6.45, 7) is 6.17. The van der Waals surface area contributed by atoms with Crippen molar-refractivity contribution in [3.05, 3.63) is 65.0 Å². The van der Waals surface area contributed by atoms with Gasteiger partial charge in [-0.05, 0) is 42.6 Å². The van der Waals surface area contributed by atoms with Crippen LogP contribution in [0.2, 0.25) is 0 Å². The van der Waals surface area contributed by atoms with Gasteiger partial charge in [0.25, 0.3) is 0 Å². The molecule has 0 unspecified atom stereocenters. The summed E-state index contributed by atoms with van der Waals surface area (Å²) in [7, 11) is 0. The minimum Gasteiger partial charge on any atom is -0.489 e. The lowest BCUT2D eigenvalue weighted by Gasteiger charge is -2.12. The molecule has 0 aromatic heterocycles. The lowest BCUT2D eigenvalue weighted by molar-refractivity contribution is 0.303. The Morgan fingerprint density at radius 3 is 2.57 bits per heavy atom. The van der Waals surface area contributed by atoms with Crippen LogP contribution in [0.4, 0.5) is 4.39 Å². The van der Waals surface area contributed by atoms with E-state index in [9.17, 15) is 4.39 Å². The van der Waals surface area contributed by atoms with Gasteiger partial charge < -0.3 is 10.1 Å². The average Bonchev–Trinajstić information content (AvgIpc) is 2.50. The zero-order valence-electron chi connectivity index (χ0n) is 12.7. The molecule has 0 heterocycles. The van der Waals surface area contributed by atoms with Crippen molar-refractivity contribution in [2.45, 2.75) is 33.4 Å². The van der Waals surface area contributed by atoms with Crippen molar-refractivity contribution in [2.75, 3.05) is 6.54 Å². The summed E-state index contributed by atoms with van der Waals surface area (Å²) in [6.07, 6.45) is 1.11. The predicted molar refractivity (Wildman–Crippen MR) is 83.9 cm³/mol. The molecule has 0 bridgehead atoms. The molecule has 0 radical (unpaired) electrons. The highest BCUT2D eigenvalue weighted by Crippen LogP contribution is 2.18. The minimum atomic E-state index is -0.231. The smallest absolute Gasteiger partial charge is 0.129 e. The maximum atomic E-state index is 13.5. The van der Waals surface area contributed by atoms with Crippen molar-refractivity contribution in [1.29, 1.82) is 0 Å². The molecule has 0 amide bonds. The van der Waals surface area contributed by atoms with Crippen molar-refractivity contribution >= 4 is 0 Å². The van der Waals surface area contributed by atoms with E-state index in [-0.39, 0.29) is 5.82 Å². The van der Waals surface area contributed by atoms with Crippen LogP contribution in [0.5, 0.6) is 5.75 Å². The Labute approximate surface area is 126 Å². The maximum absolute atomic E-state index is 13.5. The van der Waals surface area contributed by atoms with Gasteiger partial charge in [0.15, 0.2) is 0 Å². The van der Waals surface area contributed by atoms with Crippen molar-refractivity contribution in [2.24, 2.45) is 0 Å². The molecule has 0 aliphatic heterocycles. The molecule has 0 aliphatic rings. The van der Waals surface area contributed by atoms with Gasteiger partial charge in [0.1, 0.15) is 18.2 Å². The van der Waals surface area contributed by atoms with Crippen molar-refractivity contribution in [3.63, 3.8) is 0 Å². The molecule has 0 fully saturated rings. The number of halogens is 1. The minimum absolute atomic E-state index is 0.231. The molecule has 2 aromatic carbocycles. The molecule has 0 saturated heterocycles. The van der Waals surface area contributed by atoms with Gasteiger partial charge in [0, 0.05) is 12.6 Å². The van der Waals surface area contributed by atoms with Crippen LogP contribution in [0.3, 0.4) is 0 Å². The second-order valence-electron chi connectivity index (χ2n) is 5.15. The average molecular weight is 287 g/mol. The fourth-order valence-electron chi connectivity index (χ4n) is 2.10. The fraction of sp³-hybridized carbons (Fsp3) is 0.333. The van der Waals surface area contributed by atoms with Crippen LogP contribution in [0, 0.1) is 12.7 Å². The predicted octanol–water partition coefficient (Wildman–Crippen LogP) is 4.21. The molecular weight excluding hydrogens is 265 g/mol. The van der Waals surface area contributed by atoms with Crippen LogP contribution in [-0.2, 0) is 13.2 Å². The number of hydrogen-bond donors (Lipinski definition) is 1. The molecule has 1 N–H and O–H groups in total. The first-order valence-electron chi connectivity index (χ1n) is 7.37. The normalized spacial score (nSPS) is 10.6. The van der Waals surface area contributed by atoms with E-state index in [2.05, 4.69) is 18.3 Å². The van der Waals surface area contributed by atoms with E-state index in [1.54, 1.807) is 19.1 Å². The molecule has 0 aliphatic carbocycles. The van der Waals surface area contributed by atoms with E-state index in [0.717, 1.165) is 25.1 Å². The SMILES string of the molecule is CCCNCc1ccccc1COc1ccc(C)c(F)c1. The van der Waals surface area contributed by atoms with Gasteiger partial charge >= 0.3 is 0 Å². The Bertz CT molecular complexity index is 583. The Hall–Kier alpha value is -1.87. The zero-order chi connectivity index (χ0) is 15.1. The number of benzene rings is 2. The molecule has 21 heavy (non-hydrogen) atoms. The molecule has 112 valence electrons. The summed E-state index contributed by atoms with van der Waals surface area (Å²) in [6, 6.07) is 13.1. The summed E-state index contributed by atoms with van der Waals surface area (Å²) in [5, 5.41) is 3.39. The van der Waals surface area contributed by atoms with Gasteiger partial charge in [-0.1, -0.05) is 37.3 Å². The molecule has 0 spiro atoms. The third-order valence-corrected chi connectivity index (χ3v) is 3.40. The number of aryl methyl sites for hydroxylation is 1. The van der Waals surface area contributed by atoms with E-state index < -0.39 is 0 Å². The molecule has 0 saturated carbocycles. The number of ether oxygens (including phenoxy) is 1. The summed E-state index contributed by atoms with van der Waals surface area (Å²) in [4.78, 5) is 0. The molecule has 3 heteroatoms. The summed E-state index contributed by atoms with van der Waals surface area (Å²) < 4.78 is 19.2. The second-order valence-corrected chi connectivity index (χ2v) is 5.15. The first-order valence-corrected chi connectivity index (χ1v) is 7.37. The summed E-state index contributed by atoms with van der Waals surface area (Å²) in [5.74, 6) is 0.333. The van der Waals surface area contributed by atoms with Crippen molar-refractivity contribution in [1.82, 2.24) is 5.32 Å². The topological polar surface area (TPSA) is 21.3 Å². The summed E-state index contributed by atoms with van der Waals surface area (Å²) in [5.41, 5.74) is 2.98. The van der Waals surface area contributed by atoms with E-state index in [0.29, 0.717) is 17.9 Å². The maximum Gasteiger partial charge on any atom is 0.129 e. The molecular formula is C18H22FNO. The van der Waals surface area contributed by atoms with Gasteiger partial charge in [-0.15, -0.1) is 0 Å². The highest BCUT2D eigenvalue weighted by molar-refractivity contribution is 5.30. The first-order chi connectivity index (χ1) is 10.2. The molecule has 0 atom stereocenters. The van der Waals surface area contributed by atoms with Crippen LogP contribution in [0.1, 0.15) is 30.0 Å². The van der Waals surface area contributed by atoms with Crippen LogP contribution in [0.25, 0.3) is 0 Å². The molecule has 2 aromatic rings. The second kappa shape index (κ2) is 7.79. The lowest BCUT2D eigenvalue weighted by atomic mass is 10.1. The van der Waals surface area contributed by atoms with Gasteiger partial charge in [0.2, 0.25) is 0 Å². The highest BCUT2D eigenvalue weighted by atomic mass is 19.1. The quantitative estimate of drug-likeness (QED) is 0.770. The lowest BCUT2D eigenvalue weighted by Crippen LogP contribution is -2.15. The zero-order valence-corrected chi connectivity index (χ0v) is 12.7. The Morgan fingerprint density at radius 2 is 1.86 bits per heavy atom. The van der Waals surface area contributed by atoms with E-state index in [1.807, 2.05) is 18.2 Å². The van der Waals surface area contributed by atoms with Crippen molar-refractivity contribution in [3.8, 4) is 5.75 Å². The van der Waals surface area contributed by atoms with Crippen molar-refractivity contribution < 1.29 is 9.13 Å². The van der Waals surface area contributed by atoms with Gasteiger partial charge in [-0.25, -0.2) is 4.39 Å². The Kier molecular flexibility index (Phi) is 5.76. The van der Waals surface area contributed by atoms with Gasteiger partial charge in [-0.3, -0.25) is 0 Å². The third kappa shape index (κ3) is 4.57. The van der Waals surface area contributed by atoms with Crippen LogP contribution in [0.15, 0.2) is 42.5 Å². The van der Waals surface area contributed by atoms with Gasteiger partial charge in [-0.2, -0.15) is 0 Å². The van der Waals surface area contributed by atoms with Crippen LogP contribution >= 0.6 is 0 Å². The number of hydrogen-bond acceptors (Lipinski definition) is 2. The number of rotatable bonds is 7. The molecule has 2 nitrogen and oxygen atoms in total. The fourth-order valence-corrected chi connectivity index (χ4v) is 2.10. The summed E-state index contributed by atoms with van der Waals surface area (Å²) >= 11 is 0. The Morgan fingerprint density at radius 1 is 1.10 bits per heavy atom. The first kappa shape index (κ1) is 15.5. The molecule has 2 rings (SSSR count). The third-order valence-electron chi connectivity index (χ3n) is 3.40. The van der Waals surface area contributed by atoms with Crippen LogP contribution in [-0.4, -0.2) is 6.54 Å². The van der Waals surface area contributed by atoms with E-state index in [1.165, 1.54) is 11.6 Å². The standard InChI is InChI=1S/C18H22FNO/c1-3-10-20-12-15-6-4-5-7-16(15)13-21-17-9-8-14(2)18(19)11-17/h4-9,11,20H,3,10,12-13H2,1-2H3. The Balaban J connectivity index is 2.00. The van der Waals surface area contributed by atoms with Crippen LogP contribution < -0.4 is 10.1 Å². The van der Waals surface area contributed by atoms with E-state index >= 15 is 0 Å². The van der Waals surface area contributed by atoms with E-state index in [4.69, 9.17) is 4.74 Å². The largest absolute Gasteiger partial charge is 0.489 e.